The molecule has 0 spiro atoms. The number of amides is 2. The van der Waals surface area contributed by atoms with Crippen LogP contribution in [-0.2, 0) is 16.0 Å². The first kappa shape index (κ1) is 21.2. The lowest BCUT2D eigenvalue weighted by Gasteiger charge is -2.35. The normalized spacial score (nSPS) is 18.4. The Labute approximate surface area is 161 Å². The van der Waals surface area contributed by atoms with E-state index in [1.807, 2.05) is 6.92 Å². The van der Waals surface area contributed by atoms with Gasteiger partial charge < -0.3 is 20.1 Å². The number of carbonyl (C=O) groups excluding carboxylic acids is 1. The molecule has 2 rings (SSSR count). The van der Waals surface area contributed by atoms with Gasteiger partial charge in [-0.2, -0.15) is 0 Å². The smallest absolute Gasteiger partial charge is 0.317 e. The molecule has 2 N–H and O–H groups in total. The number of carboxylic acids is 1. The van der Waals surface area contributed by atoms with E-state index >= 15 is 0 Å². The molecule has 2 unspecified atom stereocenters. The Kier molecular flexibility index (Phi) is 7.62. The summed E-state index contributed by atoms with van der Waals surface area (Å²) in [4.78, 5) is 26.8. The van der Waals surface area contributed by atoms with Gasteiger partial charge in [0.2, 0.25) is 0 Å². The largest absolute Gasteiger partial charge is 0.480 e. The molecule has 27 heavy (non-hydrogen) atoms. The number of likely N-dealkylation sites (N-methyl/N-ethyl adjacent to an activating group) is 1. The van der Waals surface area contributed by atoms with Crippen molar-refractivity contribution in [3.05, 3.63) is 34.9 Å². The second kappa shape index (κ2) is 9.71. The zero-order valence-corrected chi connectivity index (χ0v) is 16.7. The fourth-order valence-electron chi connectivity index (χ4n) is 3.55. The van der Waals surface area contributed by atoms with Crippen molar-refractivity contribution in [1.82, 2.24) is 15.1 Å². The fourth-order valence-corrected chi connectivity index (χ4v) is 3.55. The molecule has 0 saturated carbocycles. The maximum Gasteiger partial charge on any atom is 0.317 e. The Bertz CT molecular complexity index is 644. The summed E-state index contributed by atoms with van der Waals surface area (Å²) >= 11 is 0. The van der Waals surface area contributed by atoms with Gasteiger partial charge in [0.05, 0.1) is 19.3 Å². The van der Waals surface area contributed by atoms with Crippen molar-refractivity contribution >= 4 is 12.0 Å². The lowest BCUT2D eigenvalue weighted by molar-refractivity contribution is -0.138. The van der Waals surface area contributed by atoms with Crippen molar-refractivity contribution in [2.75, 3.05) is 39.8 Å². The van der Waals surface area contributed by atoms with E-state index in [9.17, 15) is 9.59 Å². The Morgan fingerprint density at radius 1 is 1.33 bits per heavy atom. The van der Waals surface area contributed by atoms with Crippen LogP contribution >= 0.6 is 0 Å². The van der Waals surface area contributed by atoms with Crippen LogP contribution in [-0.4, -0.2) is 78.9 Å². The molecular formula is C20H31N3O4. The Hall–Kier alpha value is -2.12. The first-order valence-electron chi connectivity index (χ1n) is 9.37. The molecule has 1 aliphatic rings. The summed E-state index contributed by atoms with van der Waals surface area (Å²) < 4.78 is 5.68. The number of hydrogen-bond acceptors (Lipinski definition) is 4. The van der Waals surface area contributed by atoms with Crippen LogP contribution in [0.25, 0.3) is 0 Å². The van der Waals surface area contributed by atoms with Gasteiger partial charge in [-0.3, -0.25) is 9.69 Å². The Morgan fingerprint density at radius 2 is 2.00 bits per heavy atom. The van der Waals surface area contributed by atoms with E-state index in [0.29, 0.717) is 26.2 Å². The van der Waals surface area contributed by atoms with Crippen LogP contribution in [0.1, 0.15) is 23.6 Å². The first-order chi connectivity index (χ1) is 12.7. The highest BCUT2D eigenvalue weighted by molar-refractivity contribution is 5.74. The monoisotopic (exact) mass is 377 g/mol. The van der Waals surface area contributed by atoms with E-state index in [2.05, 4.69) is 37.4 Å². The molecule has 7 nitrogen and oxygen atoms in total. The molecule has 150 valence electrons. The Morgan fingerprint density at radius 3 is 2.63 bits per heavy atom. The van der Waals surface area contributed by atoms with Crippen molar-refractivity contribution in [1.29, 1.82) is 0 Å². The third kappa shape index (κ3) is 7.19. The number of aliphatic carboxylic acids is 1. The van der Waals surface area contributed by atoms with Gasteiger partial charge in [0.15, 0.2) is 0 Å². The molecule has 0 radical (unpaired) electrons. The van der Waals surface area contributed by atoms with Gasteiger partial charge in [0, 0.05) is 25.7 Å². The maximum atomic E-state index is 12.6. The zero-order valence-electron chi connectivity index (χ0n) is 16.7. The molecule has 0 aromatic heterocycles. The van der Waals surface area contributed by atoms with E-state index in [1.165, 1.54) is 16.7 Å². The summed E-state index contributed by atoms with van der Waals surface area (Å²) in [5.41, 5.74) is 3.67. The highest BCUT2D eigenvalue weighted by atomic mass is 16.5. The standard InChI is InChI=1S/C20H31N3O4/c1-14-7-15(2)9-17(8-14)10-16(3)21-20(26)23-5-6-27-18(12-23)11-22(4)13-19(24)25/h7-9,16,18H,5-6,10-13H2,1-4H3,(H,21,26)(H,24,25). The van der Waals surface area contributed by atoms with Gasteiger partial charge in [-0.1, -0.05) is 29.3 Å². The minimum atomic E-state index is -0.872. The van der Waals surface area contributed by atoms with Crippen LogP contribution < -0.4 is 5.32 Å². The lowest BCUT2D eigenvalue weighted by atomic mass is 10.0. The zero-order chi connectivity index (χ0) is 20.0. The summed E-state index contributed by atoms with van der Waals surface area (Å²) in [6, 6.07) is 6.37. The average Bonchev–Trinajstić information content (AvgIpc) is 2.52. The molecule has 1 saturated heterocycles. The number of nitrogens with zero attached hydrogens (tertiary/aromatic N) is 2. The van der Waals surface area contributed by atoms with Crippen LogP contribution in [0, 0.1) is 13.8 Å². The number of morpholine rings is 1. The van der Waals surface area contributed by atoms with E-state index in [0.717, 1.165) is 6.42 Å². The third-order valence-electron chi connectivity index (χ3n) is 4.54. The molecule has 1 fully saturated rings. The number of carboxylic acid groups (broad SMARTS) is 1. The summed E-state index contributed by atoms with van der Waals surface area (Å²) in [5, 5.41) is 11.9. The molecule has 2 atom stereocenters. The number of benzene rings is 1. The number of rotatable bonds is 7. The van der Waals surface area contributed by atoms with E-state index < -0.39 is 5.97 Å². The predicted octanol–water partition coefficient (Wildman–Crippen LogP) is 1.66. The van der Waals surface area contributed by atoms with Crippen LogP contribution in [0.15, 0.2) is 18.2 Å². The number of carbonyl (C=O) groups is 2. The highest BCUT2D eigenvalue weighted by Crippen LogP contribution is 2.12. The van der Waals surface area contributed by atoms with Crippen molar-refractivity contribution in [2.24, 2.45) is 0 Å². The Balaban J connectivity index is 1.84. The third-order valence-corrected chi connectivity index (χ3v) is 4.54. The van der Waals surface area contributed by atoms with Crippen molar-refractivity contribution < 1.29 is 19.4 Å². The number of aryl methyl sites for hydroxylation is 2. The second-order valence-corrected chi connectivity index (χ2v) is 7.58. The van der Waals surface area contributed by atoms with E-state index in [4.69, 9.17) is 9.84 Å². The molecular weight excluding hydrogens is 346 g/mol. The molecule has 7 heteroatoms. The van der Waals surface area contributed by atoms with Crippen LogP contribution in [0.2, 0.25) is 0 Å². The van der Waals surface area contributed by atoms with Gasteiger partial charge >= 0.3 is 12.0 Å². The van der Waals surface area contributed by atoms with Gasteiger partial charge in [0.1, 0.15) is 0 Å². The first-order valence-corrected chi connectivity index (χ1v) is 9.37. The van der Waals surface area contributed by atoms with Gasteiger partial charge in [0.25, 0.3) is 0 Å². The summed E-state index contributed by atoms with van der Waals surface area (Å²) in [7, 11) is 1.74. The topological polar surface area (TPSA) is 82.1 Å². The molecule has 1 aliphatic heterocycles. The minimum Gasteiger partial charge on any atom is -0.480 e. The molecule has 0 bridgehead atoms. The van der Waals surface area contributed by atoms with Crippen LogP contribution in [0.4, 0.5) is 4.79 Å². The highest BCUT2D eigenvalue weighted by Gasteiger charge is 2.26. The SMILES string of the molecule is Cc1cc(C)cc(CC(C)NC(=O)N2CCOC(CN(C)CC(=O)O)C2)c1. The van der Waals surface area contributed by atoms with Crippen LogP contribution in [0.5, 0.6) is 0 Å². The molecule has 1 aromatic rings. The number of hydrogen-bond donors (Lipinski definition) is 2. The fraction of sp³-hybridized carbons (Fsp3) is 0.600. The second-order valence-electron chi connectivity index (χ2n) is 7.58. The van der Waals surface area contributed by atoms with Crippen molar-refractivity contribution in [3.63, 3.8) is 0 Å². The number of urea groups is 1. The van der Waals surface area contributed by atoms with Crippen LogP contribution in [0.3, 0.4) is 0 Å². The summed E-state index contributed by atoms with van der Waals surface area (Å²) in [6.45, 7) is 8.07. The number of ether oxygens (including phenoxy) is 1. The molecule has 0 aliphatic carbocycles. The summed E-state index contributed by atoms with van der Waals surface area (Å²) in [5.74, 6) is -0.872. The maximum absolute atomic E-state index is 12.6. The van der Waals surface area contributed by atoms with E-state index in [-0.39, 0.29) is 24.7 Å². The lowest BCUT2D eigenvalue weighted by Crippen LogP contribution is -2.53. The molecule has 2 amide bonds. The van der Waals surface area contributed by atoms with Gasteiger partial charge in [-0.25, -0.2) is 4.79 Å². The summed E-state index contributed by atoms with van der Waals surface area (Å²) in [6.07, 6.45) is 0.604. The minimum absolute atomic E-state index is 0.0229. The molecule has 1 heterocycles. The average molecular weight is 377 g/mol. The number of nitrogens with one attached hydrogen (secondary N) is 1. The quantitative estimate of drug-likeness (QED) is 0.755. The van der Waals surface area contributed by atoms with Crippen molar-refractivity contribution in [3.8, 4) is 0 Å². The predicted molar refractivity (Wildman–Crippen MR) is 104 cm³/mol. The van der Waals surface area contributed by atoms with Gasteiger partial charge in [-0.05, 0) is 39.8 Å². The van der Waals surface area contributed by atoms with E-state index in [1.54, 1.807) is 16.8 Å². The van der Waals surface area contributed by atoms with Gasteiger partial charge in [-0.15, -0.1) is 0 Å². The van der Waals surface area contributed by atoms with Crippen molar-refractivity contribution in [2.45, 2.75) is 39.3 Å². The molecule has 1 aromatic carbocycles.